The highest BCUT2D eigenvalue weighted by molar-refractivity contribution is 7.99. The van der Waals surface area contributed by atoms with Gasteiger partial charge in [-0.05, 0) is 23.1 Å². The molecule has 29 heavy (non-hydrogen) atoms. The first-order valence-corrected chi connectivity index (χ1v) is 11.1. The van der Waals surface area contributed by atoms with Gasteiger partial charge in [0.2, 0.25) is 5.91 Å². The zero-order valence-corrected chi connectivity index (χ0v) is 17.4. The maximum atomic E-state index is 13.4. The summed E-state index contributed by atoms with van der Waals surface area (Å²) in [6, 6.07) is 9.75. The summed E-state index contributed by atoms with van der Waals surface area (Å²) in [6.45, 7) is 4.29. The molecule has 1 fully saturated rings. The molecule has 0 spiro atoms. The molecule has 2 amide bonds. The molecule has 0 aliphatic carbocycles. The van der Waals surface area contributed by atoms with Crippen molar-refractivity contribution in [2.24, 2.45) is 0 Å². The van der Waals surface area contributed by atoms with E-state index in [1.807, 2.05) is 48.3 Å². The van der Waals surface area contributed by atoms with Gasteiger partial charge in [0, 0.05) is 50.8 Å². The van der Waals surface area contributed by atoms with Crippen molar-refractivity contribution in [1.29, 1.82) is 0 Å². The van der Waals surface area contributed by atoms with Crippen LogP contribution >= 0.6 is 11.8 Å². The van der Waals surface area contributed by atoms with E-state index in [4.69, 9.17) is 0 Å². The molecule has 0 bridgehead atoms. The first-order chi connectivity index (χ1) is 14.0. The monoisotopic (exact) mass is 411 g/mol. The average Bonchev–Trinajstić information content (AvgIpc) is 2.75. The van der Waals surface area contributed by atoms with Crippen LogP contribution < -0.4 is 5.56 Å². The summed E-state index contributed by atoms with van der Waals surface area (Å²) in [7, 11) is 0. The molecular formula is C22H25N3O3S. The number of hydrogen-bond acceptors (Lipinski definition) is 4. The third kappa shape index (κ3) is 4.10. The predicted octanol–water partition coefficient (Wildman–Crippen LogP) is 1.99. The molecule has 152 valence electrons. The maximum Gasteiger partial charge on any atom is 0.264 e. The number of nitrogens with zero attached hydrogens (tertiary/aromatic N) is 3. The number of thioether (sulfide) groups is 1. The fourth-order valence-electron chi connectivity index (χ4n) is 4.02. The van der Waals surface area contributed by atoms with Gasteiger partial charge in [0.25, 0.3) is 11.5 Å². The van der Waals surface area contributed by atoms with Gasteiger partial charge >= 0.3 is 0 Å². The van der Waals surface area contributed by atoms with Crippen LogP contribution in [-0.4, -0.2) is 57.3 Å². The van der Waals surface area contributed by atoms with Crippen molar-refractivity contribution >= 4 is 23.6 Å². The molecule has 3 heterocycles. The zero-order chi connectivity index (χ0) is 20.4. The van der Waals surface area contributed by atoms with Gasteiger partial charge in [-0.2, -0.15) is 11.8 Å². The van der Waals surface area contributed by atoms with E-state index >= 15 is 0 Å². The number of aromatic nitrogens is 1. The summed E-state index contributed by atoms with van der Waals surface area (Å²) in [5, 5.41) is 0. The number of amides is 2. The maximum absolute atomic E-state index is 13.4. The Morgan fingerprint density at radius 1 is 1.03 bits per heavy atom. The standard InChI is InChI=1S/C22H25N3O3S/c1-16(26)24-8-7-19-18(14-24)15-25(13-17-5-3-2-4-6-17)22(28)20(19)21(27)23-9-11-29-12-10-23/h2-6,15H,7-14H2,1H3. The van der Waals surface area contributed by atoms with Crippen LogP contribution in [0.2, 0.25) is 0 Å². The van der Waals surface area contributed by atoms with E-state index in [2.05, 4.69) is 0 Å². The summed E-state index contributed by atoms with van der Waals surface area (Å²) in [5.41, 5.74) is 2.79. The molecule has 1 aromatic heterocycles. The highest BCUT2D eigenvalue weighted by atomic mass is 32.2. The Labute approximate surface area is 174 Å². The molecule has 4 rings (SSSR count). The van der Waals surface area contributed by atoms with Gasteiger partial charge in [0.15, 0.2) is 0 Å². The minimum atomic E-state index is -0.230. The molecule has 0 atom stereocenters. The van der Waals surface area contributed by atoms with E-state index in [1.165, 1.54) is 0 Å². The summed E-state index contributed by atoms with van der Waals surface area (Å²) < 4.78 is 1.63. The lowest BCUT2D eigenvalue weighted by molar-refractivity contribution is -0.129. The van der Waals surface area contributed by atoms with Crippen LogP contribution in [0.15, 0.2) is 41.3 Å². The molecule has 0 saturated carbocycles. The predicted molar refractivity (Wildman–Crippen MR) is 114 cm³/mol. The van der Waals surface area contributed by atoms with Crippen molar-refractivity contribution in [3.63, 3.8) is 0 Å². The second-order valence-electron chi connectivity index (χ2n) is 7.52. The third-order valence-corrected chi connectivity index (χ3v) is 6.56. The molecule has 1 saturated heterocycles. The highest BCUT2D eigenvalue weighted by Gasteiger charge is 2.30. The van der Waals surface area contributed by atoms with E-state index in [9.17, 15) is 14.4 Å². The molecule has 2 aliphatic rings. The Bertz CT molecular complexity index is 981. The lowest BCUT2D eigenvalue weighted by atomic mass is 9.95. The quantitative estimate of drug-likeness (QED) is 0.775. The summed E-state index contributed by atoms with van der Waals surface area (Å²) in [6.07, 6.45) is 2.38. The van der Waals surface area contributed by atoms with E-state index < -0.39 is 0 Å². The normalized spacial score (nSPS) is 16.4. The van der Waals surface area contributed by atoms with Gasteiger partial charge in [-0.15, -0.1) is 0 Å². The van der Waals surface area contributed by atoms with Crippen LogP contribution in [0.1, 0.15) is 34.0 Å². The lowest BCUT2D eigenvalue weighted by Crippen LogP contribution is -2.44. The van der Waals surface area contributed by atoms with Crippen LogP contribution in [-0.2, 0) is 24.3 Å². The number of hydrogen-bond donors (Lipinski definition) is 0. The van der Waals surface area contributed by atoms with Gasteiger partial charge in [-0.3, -0.25) is 14.4 Å². The Morgan fingerprint density at radius 2 is 1.76 bits per heavy atom. The number of pyridine rings is 1. The van der Waals surface area contributed by atoms with E-state index in [0.29, 0.717) is 44.7 Å². The zero-order valence-electron chi connectivity index (χ0n) is 16.6. The fourth-order valence-corrected chi connectivity index (χ4v) is 4.93. The SMILES string of the molecule is CC(=O)N1CCc2c(cn(Cc3ccccc3)c(=O)c2C(=O)N2CCSCC2)C1. The first-order valence-electron chi connectivity index (χ1n) is 9.96. The number of carbonyl (C=O) groups is 2. The second-order valence-corrected chi connectivity index (χ2v) is 8.75. The van der Waals surface area contributed by atoms with E-state index in [-0.39, 0.29) is 17.4 Å². The summed E-state index contributed by atoms with van der Waals surface area (Å²) in [4.78, 5) is 42.2. The summed E-state index contributed by atoms with van der Waals surface area (Å²) in [5.74, 6) is 1.65. The third-order valence-electron chi connectivity index (χ3n) is 5.62. The average molecular weight is 412 g/mol. The highest BCUT2D eigenvalue weighted by Crippen LogP contribution is 2.23. The molecule has 2 aliphatic heterocycles. The van der Waals surface area contributed by atoms with Crippen LogP contribution in [0.25, 0.3) is 0 Å². The molecule has 1 aromatic carbocycles. The van der Waals surface area contributed by atoms with Gasteiger partial charge < -0.3 is 14.4 Å². The van der Waals surface area contributed by atoms with Crippen molar-refractivity contribution in [2.45, 2.75) is 26.4 Å². The number of benzene rings is 1. The molecule has 2 aromatic rings. The Kier molecular flexibility index (Phi) is 5.76. The largest absolute Gasteiger partial charge is 0.338 e. The Hall–Kier alpha value is -2.54. The van der Waals surface area contributed by atoms with Crippen molar-refractivity contribution in [1.82, 2.24) is 14.4 Å². The Morgan fingerprint density at radius 3 is 2.45 bits per heavy atom. The molecular weight excluding hydrogens is 386 g/mol. The molecule has 6 nitrogen and oxygen atoms in total. The smallest absolute Gasteiger partial charge is 0.264 e. The molecule has 0 N–H and O–H groups in total. The minimum absolute atomic E-state index is 0.0115. The van der Waals surface area contributed by atoms with Crippen molar-refractivity contribution in [2.75, 3.05) is 31.1 Å². The van der Waals surface area contributed by atoms with E-state index in [0.717, 1.165) is 28.2 Å². The molecule has 0 radical (unpaired) electrons. The van der Waals surface area contributed by atoms with Gasteiger partial charge in [0.1, 0.15) is 5.56 Å². The number of rotatable bonds is 3. The van der Waals surface area contributed by atoms with Gasteiger partial charge in [0.05, 0.1) is 6.54 Å². The topological polar surface area (TPSA) is 62.6 Å². The van der Waals surface area contributed by atoms with Crippen molar-refractivity contribution in [3.05, 3.63) is 69.1 Å². The van der Waals surface area contributed by atoms with Crippen molar-refractivity contribution in [3.8, 4) is 0 Å². The van der Waals surface area contributed by atoms with Crippen molar-refractivity contribution < 1.29 is 9.59 Å². The number of fused-ring (bicyclic) bond motifs is 1. The number of carbonyl (C=O) groups excluding carboxylic acids is 2. The van der Waals surface area contributed by atoms with Gasteiger partial charge in [-0.25, -0.2) is 0 Å². The summed E-state index contributed by atoms with van der Waals surface area (Å²) >= 11 is 1.83. The van der Waals surface area contributed by atoms with Crippen LogP contribution in [0.3, 0.4) is 0 Å². The molecule has 0 unspecified atom stereocenters. The van der Waals surface area contributed by atoms with Crippen LogP contribution in [0.4, 0.5) is 0 Å². The fraction of sp³-hybridized carbons (Fsp3) is 0.409. The van der Waals surface area contributed by atoms with Crippen LogP contribution in [0, 0.1) is 0 Å². The van der Waals surface area contributed by atoms with E-state index in [1.54, 1.807) is 21.3 Å². The first kappa shape index (κ1) is 19.8. The van der Waals surface area contributed by atoms with Gasteiger partial charge in [-0.1, -0.05) is 30.3 Å². The molecule has 7 heteroatoms. The Balaban J connectivity index is 1.78. The van der Waals surface area contributed by atoms with Crippen LogP contribution in [0.5, 0.6) is 0 Å². The second kappa shape index (κ2) is 8.45. The minimum Gasteiger partial charge on any atom is -0.338 e. The lowest BCUT2D eigenvalue weighted by Gasteiger charge is -2.32.